The monoisotopic (exact) mass is 348 g/mol. The minimum Gasteiger partial charge on any atom is -0.294 e. The van der Waals surface area contributed by atoms with Crippen LogP contribution >= 0.6 is 0 Å². The van der Waals surface area contributed by atoms with Gasteiger partial charge in [0.25, 0.3) is 0 Å². The molecule has 0 saturated carbocycles. The van der Waals surface area contributed by atoms with E-state index in [4.69, 9.17) is 0 Å². The summed E-state index contributed by atoms with van der Waals surface area (Å²) in [5.74, 6) is -1.07. The molecule has 0 unspecified atom stereocenters. The molecule has 7 heteroatoms. The molecule has 25 heavy (non-hydrogen) atoms. The molecule has 1 aliphatic rings. The molecule has 0 fully saturated rings. The van der Waals surface area contributed by atoms with Crippen molar-refractivity contribution >= 4 is 17.6 Å². The third kappa shape index (κ3) is 3.55. The zero-order chi connectivity index (χ0) is 18.0. The minimum atomic E-state index is -4.61. The van der Waals surface area contributed by atoms with E-state index >= 15 is 0 Å². The van der Waals surface area contributed by atoms with E-state index in [2.05, 4.69) is 10.2 Å². The van der Waals surface area contributed by atoms with Gasteiger partial charge in [-0.3, -0.25) is 14.7 Å². The van der Waals surface area contributed by atoms with E-state index in [1.807, 2.05) is 6.08 Å². The van der Waals surface area contributed by atoms with Gasteiger partial charge in [0.1, 0.15) is 5.69 Å². The molecule has 1 aromatic carbocycles. The van der Waals surface area contributed by atoms with Crippen LogP contribution in [0.5, 0.6) is 0 Å². The molecule has 1 aliphatic carbocycles. The Morgan fingerprint density at radius 3 is 2.60 bits per heavy atom. The summed E-state index contributed by atoms with van der Waals surface area (Å²) in [6.07, 6.45) is 0.255. The third-order valence-electron chi connectivity index (χ3n) is 4.10. The van der Waals surface area contributed by atoms with E-state index in [1.165, 1.54) is 12.1 Å². The van der Waals surface area contributed by atoms with Crippen molar-refractivity contribution in [3.05, 3.63) is 58.4 Å². The Hall–Kier alpha value is -2.70. The predicted molar refractivity (Wildman–Crippen MR) is 85.3 cm³/mol. The fourth-order valence-corrected chi connectivity index (χ4v) is 2.85. The van der Waals surface area contributed by atoms with Crippen LogP contribution in [0.2, 0.25) is 0 Å². The van der Waals surface area contributed by atoms with E-state index < -0.39 is 23.1 Å². The maximum Gasteiger partial charge on any atom is 0.417 e. The number of ketones is 2. The molecule has 2 aromatic rings. The maximum absolute atomic E-state index is 13.0. The lowest BCUT2D eigenvalue weighted by Crippen LogP contribution is -2.14. The van der Waals surface area contributed by atoms with Gasteiger partial charge in [-0.05, 0) is 18.9 Å². The molecule has 0 spiro atoms. The van der Waals surface area contributed by atoms with Gasteiger partial charge < -0.3 is 0 Å². The molecule has 1 aromatic heterocycles. The fraction of sp³-hybridized carbons (Fsp3) is 0.278. The van der Waals surface area contributed by atoms with Gasteiger partial charge in [0.15, 0.2) is 11.6 Å². The standard InChI is InChI=1S/C18H15F3N2O2/c19-18(20,21)13-7-3-1-5-11(13)15(24)9-10-16(25)17-12-6-2-4-8-14(12)22-23-17/h1-3,5-7H,4,8-10H2,(H,22,23). The van der Waals surface area contributed by atoms with Crippen LogP contribution in [-0.4, -0.2) is 21.8 Å². The molecular formula is C18H15F3N2O2. The second kappa shape index (κ2) is 6.66. The lowest BCUT2D eigenvalue weighted by molar-refractivity contribution is -0.137. The Labute approximate surface area is 141 Å². The van der Waals surface area contributed by atoms with Crippen LogP contribution in [0.4, 0.5) is 13.2 Å². The summed E-state index contributed by atoms with van der Waals surface area (Å²) in [4.78, 5) is 24.5. The Balaban J connectivity index is 1.73. The number of Topliss-reactive ketones (excluding diaryl/α,β-unsaturated/α-hetero) is 2. The second-order valence-corrected chi connectivity index (χ2v) is 5.80. The number of carbonyl (C=O) groups is 2. The molecular weight excluding hydrogens is 333 g/mol. The number of alkyl halides is 3. The van der Waals surface area contributed by atoms with Gasteiger partial charge in [0.05, 0.1) is 5.56 Å². The molecule has 1 N–H and O–H groups in total. The largest absolute Gasteiger partial charge is 0.417 e. The smallest absolute Gasteiger partial charge is 0.294 e. The average Bonchev–Trinajstić information content (AvgIpc) is 3.03. The van der Waals surface area contributed by atoms with Gasteiger partial charge in [-0.25, -0.2) is 0 Å². The molecule has 0 bridgehead atoms. The van der Waals surface area contributed by atoms with Crippen molar-refractivity contribution in [1.82, 2.24) is 10.2 Å². The summed E-state index contributed by atoms with van der Waals surface area (Å²) >= 11 is 0. The van der Waals surface area contributed by atoms with Gasteiger partial charge in [-0.1, -0.05) is 30.4 Å². The van der Waals surface area contributed by atoms with E-state index in [9.17, 15) is 22.8 Å². The Morgan fingerprint density at radius 1 is 1.12 bits per heavy atom. The second-order valence-electron chi connectivity index (χ2n) is 5.80. The van der Waals surface area contributed by atoms with E-state index in [-0.39, 0.29) is 24.3 Å². The Morgan fingerprint density at radius 2 is 1.84 bits per heavy atom. The first-order chi connectivity index (χ1) is 11.9. The van der Waals surface area contributed by atoms with Crippen LogP contribution in [0.25, 0.3) is 6.08 Å². The first-order valence-corrected chi connectivity index (χ1v) is 7.84. The zero-order valence-electron chi connectivity index (χ0n) is 13.2. The van der Waals surface area contributed by atoms with Gasteiger partial charge in [-0.15, -0.1) is 0 Å². The van der Waals surface area contributed by atoms with Crippen LogP contribution in [0.1, 0.15) is 56.9 Å². The lowest BCUT2D eigenvalue weighted by atomic mass is 9.96. The zero-order valence-corrected chi connectivity index (χ0v) is 13.2. The van der Waals surface area contributed by atoms with Crippen LogP contribution in [0.3, 0.4) is 0 Å². The number of carbonyl (C=O) groups excluding carboxylic acids is 2. The number of hydrogen-bond donors (Lipinski definition) is 1. The third-order valence-corrected chi connectivity index (χ3v) is 4.10. The first-order valence-electron chi connectivity index (χ1n) is 7.84. The number of allylic oxidation sites excluding steroid dienone is 1. The summed E-state index contributed by atoms with van der Waals surface area (Å²) in [6.45, 7) is 0. The number of rotatable bonds is 5. The highest BCUT2D eigenvalue weighted by Gasteiger charge is 2.34. The molecule has 3 rings (SSSR count). The van der Waals surface area contributed by atoms with Crippen LogP contribution in [-0.2, 0) is 12.6 Å². The fourth-order valence-electron chi connectivity index (χ4n) is 2.85. The predicted octanol–water partition coefficient (Wildman–Crippen LogP) is 4.23. The highest BCUT2D eigenvalue weighted by atomic mass is 19.4. The lowest BCUT2D eigenvalue weighted by Gasteiger charge is -2.11. The maximum atomic E-state index is 13.0. The minimum absolute atomic E-state index is 0.184. The summed E-state index contributed by atoms with van der Waals surface area (Å²) in [7, 11) is 0. The summed E-state index contributed by atoms with van der Waals surface area (Å²) in [5.41, 5.74) is 0.418. The van der Waals surface area contributed by atoms with E-state index in [0.717, 1.165) is 30.7 Å². The highest BCUT2D eigenvalue weighted by molar-refractivity contribution is 6.03. The molecule has 0 saturated heterocycles. The van der Waals surface area contributed by atoms with Crippen LogP contribution in [0, 0.1) is 0 Å². The number of fused-ring (bicyclic) bond motifs is 1. The Kier molecular flexibility index (Phi) is 4.57. The van der Waals surface area contributed by atoms with Crippen molar-refractivity contribution in [1.29, 1.82) is 0 Å². The molecule has 0 atom stereocenters. The average molecular weight is 348 g/mol. The number of benzene rings is 1. The van der Waals surface area contributed by atoms with Gasteiger partial charge in [0.2, 0.25) is 0 Å². The number of aromatic amines is 1. The Bertz CT molecular complexity index is 850. The van der Waals surface area contributed by atoms with Gasteiger partial charge >= 0.3 is 6.18 Å². The number of nitrogens with zero attached hydrogens (tertiary/aromatic N) is 1. The van der Waals surface area contributed by atoms with Crippen molar-refractivity contribution < 1.29 is 22.8 Å². The topological polar surface area (TPSA) is 62.8 Å². The van der Waals surface area contributed by atoms with E-state index in [0.29, 0.717) is 5.56 Å². The number of H-pyrrole nitrogens is 1. The number of nitrogens with one attached hydrogen (secondary N) is 1. The normalized spacial score (nSPS) is 13.6. The van der Waals surface area contributed by atoms with Crippen molar-refractivity contribution in [2.24, 2.45) is 0 Å². The molecule has 0 aliphatic heterocycles. The number of aromatic nitrogens is 2. The number of hydrogen-bond acceptors (Lipinski definition) is 3. The van der Waals surface area contributed by atoms with Crippen LogP contribution in [0.15, 0.2) is 30.3 Å². The molecule has 0 radical (unpaired) electrons. The first kappa shape index (κ1) is 17.1. The molecule has 130 valence electrons. The van der Waals surface area contributed by atoms with Gasteiger partial charge in [0, 0.05) is 29.7 Å². The summed E-state index contributed by atoms with van der Waals surface area (Å²) in [5, 5.41) is 6.79. The van der Waals surface area contributed by atoms with Crippen molar-refractivity contribution in [3.63, 3.8) is 0 Å². The highest BCUT2D eigenvalue weighted by Crippen LogP contribution is 2.32. The molecule has 0 amide bonds. The van der Waals surface area contributed by atoms with Crippen molar-refractivity contribution in [2.45, 2.75) is 31.9 Å². The molecule has 4 nitrogen and oxygen atoms in total. The summed E-state index contributed by atoms with van der Waals surface area (Å²) in [6, 6.07) is 4.60. The van der Waals surface area contributed by atoms with E-state index in [1.54, 1.807) is 6.08 Å². The summed E-state index contributed by atoms with van der Waals surface area (Å²) < 4.78 is 38.9. The SMILES string of the molecule is O=C(CCC(=O)c1n[nH]c2c1C=CCC2)c1ccccc1C(F)(F)F. The van der Waals surface area contributed by atoms with Crippen molar-refractivity contribution in [2.75, 3.05) is 0 Å². The molecule has 1 heterocycles. The number of halogens is 3. The quantitative estimate of drug-likeness (QED) is 0.823. The van der Waals surface area contributed by atoms with Crippen molar-refractivity contribution in [3.8, 4) is 0 Å². The van der Waals surface area contributed by atoms with Crippen LogP contribution < -0.4 is 0 Å². The van der Waals surface area contributed by atoms with Gasteiger partial charge in [-0.2, -0.15) is 18.3 Å². The number of aryl methyl sites for hydroxylation is 1.